The van der Waals surface area contributed by atoms with E-state index >= 15 is 0 Å². The molecule has 6 N–H and O–H groups in total. The summed E-state index contributed by atoms with van der Waals surface area (Å²) in [6.07, 6.45) is 2.58. The highest BCUT2D eigenvalue weighted by atomic mass is 19.1. The number of hydrogen-bond acceptors (Lipinski definition) is 8. The van der Waals surface area contributed by atoms with Crippen molar-refractivity contribution in [1.82, 2.24) is 25.0 Å². The Balaban J connectivity index is 0.000000219. The number of hydrogen-bond donors (Lipinski definition) is 6. The molecule has 0 bridgehead atoms. The molecule has 1 unspecified atom stereocenters. The van der Waals surface area contributed by atoms with Crippen LogP contribution in [0.4, 0.5) is 50.3 Å². The summed E-state index contributed by atoms with van der Waals surface area (Å²) < 4.78 is 41.1. The van der Waals surface area contributed by atoms with E-state index in [4.69, 9.17) is 10.4 Å². The third-order valence-corrected chi connectivity index (χ3v) is 9.50. The number of pyridine rings is 1. The van der Waals surface area contributed by atoms with Gasteiger partial charge in [0.1, 0.15) is 29.2 Å². The number of urea groups is 2. The van der Waals surface area contributed by atoms with E-state index in [1.54, 1.807) is 24.3 Å². The average molecular weight is 787 g/mol. The topological polar surface area (TPSA) is 178 Å². The van der Waals surface area contributed by atoms with Gasteiger partial charge >= 0.3 is 18.2 Å². The normalized spacial score (nSPS) is 16.1. The number of nitrogens with zero attached hydrogens (tertiary/aromatic N) is 5. The first kappa shape index (κ1) is 41.9. The Morgan fingerprint density at radius 2 is 1.44 bits per heavy atom. The number of benzene rings is 3. The number of halogens is 3. The van der Waals surface area contributed by atoms with Gasteiger partial charge in [-0.25, -0.2) is 32.5 Å². The van der Waals surface area contributed by atoms with Crippen molar-refractivity contribution in [2.45, 2.75) is 44.9 Å². The zero-order chi connectivity index (χ0) is 40.9. The molecule has 6 rings (SSSR count). The predicted molar refractivity (Wildman–Crippen MR) is 210 cm³/mol. The Bertz CT molecular complexity index is 2040. The summed E-state index contributed by atoms with van der Waals surface area (Å²) in [4.78, 5) is 45.1. The van der Waals surface area contributed by atoms with Crippen molar-refractivity contribution in [2.24, 2.45) is 0 Å². The monoisotopic (exact) mass is 786 g/mol. The van der Waals surface area contributed by atoms with Crippen molar-refractivity contribution in [3.63, 3.8) is 0 Å². The molecule has 2 fully saturated rings. The minimum atomic E-state index is -0.942. The molecular formula is C40H45F3N10O4. The average Bonchev–Trinajstić information content (AvgIpc) is 3.17. The minimum Gasteiger partial charge on any atom is -0.465 e. The number of carboxylic acid groups (broad SMARTS) is 1. The Morgan fingerprint density at radius 3 is 2.09 bits per heavy atom. The lowest BCUT2D eigenvalue weighted by Gasteiger charge is -2.38. The van der Waals surface area contributed by atoms with Gasteiger partial charge in [-0.05, 0) is 118 Å². The predicted octanol–water partition coefficient (Wildman–Crippen LogP) is 6.71. The molecule has 2 aliphatic heterocycles. The van der Waals surface area contributed by atoms with E-state index in [0.717, 1.165) is 31.5 Å². The fourth-order valence-corrected chi connectivity index (χ4v) is 6.58. The Hall–Kier alpha value is -6.22. The number of piperazine rings is 1. The van der Waals surface area contributed by atoms with Crippen LogP contribution in [0, 0.1) is 28.8 Å². The van der Waals surface area contributed by atoms with Gasteiger partial charge in [-0.3, -0.25) is 9.80 Å². The molecule has 2 aliphatic rings. The van der Waals surface area contributed by atoms with Crippen molar-refractivity contribution in [1.29, 1.82) is 5.26 Å². The molecule has 57 heavy (non-hydrogen) atoms. The van der Waals surface area contributed by atoms with Crippen LogP contribution in [0.5, 0.6) is 0 Å². The molecule has 300 valence electrons. The van der Waals surface area contributed by atoms with Crippen molar-refractivity contribution < 1.29 is 32.7 Å². The number of likely N-dealkylation sites (tertiary alicyclic amines) is 1. The maximum atomic E-state index is 14.1. The number of rotatable bonds is 9. The number of aromatic nitrogens is 1. The largest absolute Gasteiger partial charge is 0.465 e. The minimum absolute atomic E-state index is 0.122. The standard InChI is InChI=1S/C20H24F2N4O.C20H21FN6O3/c1-23-16-8-10-26(11-9-16)13-14-2-7-18(22)19(12-14)25-20(27)24-17-5-3-15(21)4-6-17;1-13-11-26(4-5-27(13)20(29)30)12-14-6-15(21)8-18(7-14)25-19(28)24-17-3-2-16(9-22)23-10-17/h2-7,12,16,23H,8-11,13H2,1H3,(H2,24,25,27);2-3,6-8,10,13H,4-5,11-12H2,1H3,(H,29,30)(H2,24,25,28). The van der Waals surface area contributed by atoms with Crippen LogP contribution < -0.4 is 26.6 Å². The first-order chi connectivity index (χ1) is 27.4. The molecule has 14 nitrogen and oxygen atoms in total. The molecule has 0 saturated carbocycles. The number of amides is 5. The number of nitriles is 1. The molecule has 1 aromatic heterocycles. The summed E-state index contributed by atoms with van der Waals surface area (Å²) in [6, 6.07) is 18.6. The number of nitrogens with one attached hydrogen (secondary N) is 5. The van der Waals surface area contributed by atoms with Gasteiger partial charge in [0.2, 0.25) is 0 Å². The highest BCUT2D eigenvalue weighted by Crippen LogP contribution is 2.21. The Kier molecular flexibility index (Phi) is 14.8. The van der Waals surface area contributed by atoms with E-state index in [0.29, 0.717) is 61.4 Å². The van der Waals surface area contributed by atoms with Gasteiger partial charge in [-0.1, -0.05) is 6.07 Å². The summed E-state index contributed by atoms with van der Waals surface area (Å²) in [6.45, 7) is 6.42. The van der Waals surface area contributed by atoms with Crippen molar-refractivity contribution >= 4 is 40.9 Å². The van der Waals surface area contributed by atoms with Crippen LogP contribution >= 0.6 is 0 Å². The van der Waals surface area contributed by atoms with Crippen LogP contribution in [0.15, 0.2) is 79.0 Å². The third-order valence-electron chi connectivity index (χ3n) is 9.50. The molecule has 0 aliphatic carbocycles. The number of anilines is 4. The van der Waals surface area contributed by atoms with Crippen LogP contribution in [-0.4, -0.2) is 94.8 Å². The highest BCUT2D eigenvalue weighted by molar-refractivity contribution is 6.00. The quantitative estimate of drug-likeness (QED) is 0.108. The van der Waals surface area contributed by atoms with Crippen molar-refractivity contribution in [3.05, 3.63) is 113 Å². The first-order valence-corrected chi connectivity index (χ1v) is 18.3. The van der Waals surface area contributed by atoms with Crippen molar-refractivity contribution in [3.8, 4) is 6.07 Å². The van der Waals surface area contributed by atoms with E-state index in [2.05, 4.69) is 36.5 Å². The number of piperidine rings is 1. The van der Waals surface area contributed by atoms with Gasteiger partial charge in [0, 0.05) is 56.2 Å². The van der Waals surface area contributed by atoms with Crippen LogP contribution in [0.1, 0.15) is 36.6 Å². The van der Waals surface area contributed by atoms with E-state index in [1.165, 1.54) is 59.6 Å². The second-order valence-corrected chi connectivity index (χ2v) is 13.8. The van der Waals surface area contributed by atoms with Crippen LogP contribution in [0.3, 0.4) is 0 Å². The van der Waals surface area contributed by atoms with Gasteiger partial charge in [0.05, 0.1) is 17.6 Å². The lowest BCUT2D eigenvalue weighted by molar-refractivity contribution is 0.0711. The molecular weight excluding hydrogens is 742 g/mol. The maximum absolute atomic E-state index is 14.1. The Morgan fingerprint density at radius 1 is 0.772 bits per heavy atom. The lowest BCUT2D eigenvalue weighted by atomic mass is 10.0. The van der Waals surface area contributed by atoms with Crippen LogP contribution in [0.25, 0.3) is 0 Å². The molecule has 2 saturated heterocycles. The van der Waals surface area contributed by atoms with Gasteiger partial charge in [0.25, 0.3) is 0 Å². The Labute approximate surface area is 328 Å². The van der Waals surface area contributed by atoms with E-state index in [-0.39, 0.29) is 17.4 Å². The van der Waals surface area contributed by atoms with Gasteiger partial charge in [-0.2, -0.15) is 5.26 Å². The summed E-state index contributed by atoms with van der Waals surface area (Å²) in [7, 11) is 1.98. The SMILES string of the molecule is CC1CN(Cc2cc(F)cc(NC(=O)Nc3ccc(C#N)nc3)c2)CCN1C(=O)O.CNC1CCN(Cc2ccc(F)c(NC(=O)Nc3ccc(F)cc3)c2)CC1. The summed E-state index contributed by atoms with van der Waals surface area (Å²) in [5.41, 5.74) is 3.08. The molecule has 17 heteroatoms. The molecule has 1 atom stereocenters. The third kappa shape index (κ3) is 12.9. The molecule has 4 aromatic rings. The second-order valence-electron chi connectivity index (χ2n) is 13.8. The lowest BCUT2D eigenvalue weighted by Crippen LogP contribution is -2.53. The van der Waals surface area contributed by atoms with Gasteiger partial charge < -0.3 is 36.6 Å². The zero-order valence-electron chi connectivity index (χ0n) is 31.6. The number of carbonyl (C=O) groups is 3. The van der Waals surface area contributed by atoms with Crippen LogP contribution in [0.2, 0.25) is 0 Å². The fraction of sp³-hybridized carbons (Fsp3) is 0.325. The molecule has 0 radical (unpaired) electrons. The first-order valence-electron chi connectivity index (χ1n) is 18.3. The molecule has 5 amide bonds. The highest BCUT2D eigenvalue weighted by Gasteiger charge is 2.27. The van der Waals surface area contributed by atoms with E-state index in [9.17, 15) is 27.6 Å². The maximum Gasteiger partial charge on any atom is 0.407 e. The summed E-state index contributed by atoms with van der Waals surface area (Å²) >= 11 is 0. The summed E-state index contributed by atoms with van der Waals surface area (Å²) in [5.74, 6) is -1.37. The van der Waals surface area contributed by atoms with Gasteiger partial charge in [0.15, 0.2) is 0 Å². The molecule has 3 heterocycles. The van der Waals surface area contributed by atoms with E-state index in [1.807, 2.05) is 24.9 Å². The fourth-order valence-electron chi connectivity index (χ4n) is 6.58. The number of carbonyl (C=O) groups excluding carboxylic acids is 2. The van der Waals surface area contributed by atoms with Crippen LogP contribution in [-0.2, 0) is 13.1 Å². The summed E-state index contributed by atoms with van der Waals surface area (Å²) in [5, 5.41) is 31.4. The molecule has 3 aromatic carbocycles. The molecule has 0 spiro atoms. The van der Waals surface area contributed by atoms with Crippen molar-refractivity contribution in [2.75, 3.05) is 61.0 Å². The zero-order valence-corrected chi connectivity index (χ0v) is 31.6. The van der Waals surface area contributed by atoms with Gasteiger partial charge in [-0.15, -0.1) is 0 Å². The second kappa shape index (κ2) is 20.1. The smallest absolute Gasteiger partial charge is 0.407 e. The van der Waals surface area contributed by atoms with E-state index < -0.39 is 35.6 Å².